The van der Waals surface area contributed by atoms with E-state index < -0.39 is 44.5 Å². The van der Waals surface area contributed by atoms with Crippen LogP contribution in [0, 0.1) is 0 Å². The Morgan fingerprint density at radius 1 is 1.44 bits per heavy atom. The minimum absolute atomic E-state index is 0.0866. The number of hydrogen-bond donors (Lipinski definition) is 5. The minimum atomic E-state index is -5.29. The van der Waals surface area contributed by atoms with Gasteiger partial charge in [-0.15, -0.1) is 0 Å². The fraction of sp³-hybridized carbons (Fsp3) is 0.500. The van der Waals surface area contributed by atoms with Crippen LogP contribution in [0.15, 0.2) is 11.1 Å². The number of anilines is 1. The van der Waals surface area contributed by atoms with Gasteiger partial charge in [0.2, 0.25) is 5.95 Å². The van der Waals surface area contributed by atoms with Gasteiger partial charge in [-0.1, -0.05) is 0 Å². The number of nitrogens with one attached hydrogen (secondary N) is 2. The molecule has 4 atom stereocenters. The number of aromatic amines is 1. The van der Waals surface area contributed by atoms with E-state index in [0.717, 1.165) is 10.9 Å². The first-order valence-electron chi connectivity index (χ1n) is 6.76. The highest BCUT2D eigenvalue weighted by molar-refractivity contribution is 7.43. The Kier molecular flexibility index (Phi) is 4.61. The lowest BCUT2D eigenvalue weighted by Gasteiger charge is -2.30. The number of aliphatic hydroxyl groups is 2. The SMILES string of the molecule is O=c1[nH]c(NO)nc2c1ncn2[C@@H]1O[C@H](COP(=O)([O-])[O-])[C@@H](O)[C@H]1O. The molecule has 0 aliphatic carbocycles. The number of phosphoric ester groups is 1. The zero-order chi connectivity index (χ0) is 18.4. The molecule has 0 amide bonds. The van der Waals surface area contributed by atoms with Crippen LogP contribution in [0.25, 0.3) is 11.2 Å². The summed E-state index contributed by atoms with van der Waals surface area (Å²) in [6, 6.07) is 0. The first-order chi connectivity index (χ1) is 11.7. The Morgan fingerprint density at radius 2 is 2.16 bits per heavy atom. The fourth-order valence-electron chi connectivity index (χ4n) is 2.43. The second-order valence-electron chi connectivity index (χ2n) is 5.14. The number of aromatic nitrogens is 4. The normalized spacial score (nSPS) is 27.1. The summed E-state index contributed by atoms with van der Waals surface area (Å²) in [5, 5.41) is 28.9. The van der Waals surface area contributed by atoms with Crippen LogP contribution in [0.5, 0.6) is 0 Å². The van der Waals surface area contributed by atoms with Gasteiger partial charge in [0, 0.05) is 0 Å². The van der Waals surface area contributed by atoms with Crippen LogP contribution >= 0.6 is 7.82 Å². The molecule has 1 saturated heterocycles. The van der Waals surface area contributed by atoms with Crippen LogP contribution < -0.4 is 20.8 Å². The molecule has 0 spiro atoms. The lowest BCUT2D eigenvalue weighted by Crippen LogP contribution is -2.34. The smallest absolute Gasteiger partial charge is 0.280 e. The van der Waals surface area contributed by atoms with Crippen LogP contribution in [0.3, 0.4) is 0 Å². The monoisotopic (exact) mass is 377 g/mol. The molecular weight excluding hydrogens is 365 g/mol. The van der Waals surface area contributed by atoms with Crippen molar-refractivity contribution in [2.24, 2.45) is 0 Å². The summed E-state index contributed by atoms with van der Waals surface area (Å²) in [6.45, 7) is -0.802. The van der Waals surface area contributed by atoms with Gasteiger partial charge in [-0.25, -0.2) is 10.5 Å². The maximum Gasteiger partial charge on any atom is 0.280 e. The quantitative estimate of drug-likeness (QED) is 0.252. The number of hydrogen-bond acceptors (Lipinski definition) is 12. The third-order valence-electron chi connectivity index (χ3n) is 3.55. The van der Waals surface area contributed by atoms with Crippen molar-refractivity contribution in [3.05, 3.63) is 16.7 Å². The van der Waals surface area contributed by atoms with Crippen molar-refractivity contribution < 1.29 is 39.0 Å². The van der Waals surface area contributed by atoms with Crippen LogP contribution in [-0.2, 0) is 13.8 Å². The molecular formula is C10H12N5O9P-2. The van der Waals surface area contributed by atoms with E-state index in [0.29, 0.717) is 0 Å². The van der Waals surface area contributed by atoms with Crippen LogP contribution in [-0.4, -0.2) is 59.9 Å². The van der Waals surface area contributed by atoms with Crippen molar-refractivity contribution in [2.45, 2.75) is 24.5 Å². The van der Waals surface area contributed by atoms with Crippen LogP contribution in [0.2, 0.25) is 0 Å². The Hall–Kier alpha value is -1.90. The maximum absolute atomic E-state index is 11.8. The van der Waals surface area contributed by atoms with E-state index >= 15 is 0 Å². The molecule has 0 aromatic carbocycles. The molecule has 1 aliphatic rings. The lowest BCUT2D eigenvalue weighted by atomic mass is 10.1. The van der Waals surface area contributed by atoms with E-state index in [1.54, 1.807) is 5.48 Å². The van der Waals surface area contributed by atoms with E-state index in [9.17, 15) is 29.4 Å². The molecule has 15 heteroatoms. The minimum Gasteiger partial charge on any atom is -0.790 e. The van der Waals surface area contributed by atoms with Crippen molar-refractivity contribution in [3.63, 3.8) is 0 Å². The summed E-state index contributed by atoms with van der Waals surface area (Å²) in [7, 11) is -5.29. The lowest BCUT2D eigenvalue weighted by molar-refractivity contribution is -0.343. The fourth-order valence-corrected chi connectivity index (χ4v) is 2.76. The molecule has 138 valence electrons. The molecule has 0 bridgehead atoms. The number of H-pyrrole nitrogens is 1. The topological polar surface area (TPSA) is 218 Å². The molecule has 2 aromatic rings. The van der Waals surface area contributed by atoms with E-state index in [-0.39, 0.29) is 17.1 Å². The molecule has 0 saturated carbocycles. The van der Waals surface area contributed by atoms with Gasteiger partial charge in [-0.3, -0.25) is 19.6 Å². The van der Waals surface area contributed by atoms with Crippen molar-refractivity contribution in [1.29, 1.82) is 0 Å². The van der Waals surface area contributed by atoms with Gasteiger partial charge in [0.15, 0.2) is 17.4 Å². The average Bonchev–Trinajstić information content (AvgIpc) is 3.08. The molecule has 2 aromatic heterocycles. The van der Waals surface area contributed by atoms with Gasteiger partial charge < -0.3 is 33.8 Å². The van der Waals surface area contributed by atoms with Crippen LogP contribution in [0.4, 0.5) is 5.95 Å². The third-order valence-corrected chi connectivity index (χ3v) is 4.01. The first-order valence-corrected chi connectivity index (χ1v) is 8.22. The van der Waals surface area contributed by atoms with Gasteiger partial charge in [-0.2, -0.15) is 4.98 Å². The van der Waals surface area contributed by atoms with E-state index in [1.165, 1.54) is 0 Å². The molecule has 0 unspecified atom stereocenters. The average molecular weight is 377 g/mol. The van der Waals surface area contributed by atoms with E-state index in [1.807, 2.05) is 0 Å². The summed E-state index contributed by atoms with van der Waals surface area (Å²) in [5.74, 6) is -0.300. The number of aliphatic hydroxyl groups excluding tert-OH is 2. The largest absolute Gasteiger partial charge is 0.790 e. The zero-order valence-corrected chi connectivity index (χ0v) is 13.1. The number of rotatable bonds is 5. The molecule has 1 fully saturated rings. The highest BCUT2D eigenvalue weighted by atomic mass is 31.2. The number of imidazole rings is 1. The summed E-state index contributed by atoms with van der Waals surface area (Å²) in [4.78, 5) is 42.7. The Bertz CT molecular complexity index is 877. The Morgan fingerprint density at radius 3 is 2.80 bits per heavy atom. The predicted molar refractivity (Wildman–Crippen MR) is 73.0 cm³/mol. The standard InChI is InChI=1S/C10H14N5O9P/c16-5-3(1-23-25(20,21)22)24-9(6(5)17)15-2-11-4-7(15)12-10(14-19)13-8(4)18/h2-3,5-6,9,16-17,19H,1H2,(H2,20,21,22)(H2,12,13,14,18)/p-2/t3-,5-,6-,9-/m1/s1. The molecule has 25 heavy (non-hydrogen) atoms. The van der Waals surface area contributed by atoms with Crippen molar-refractivity contribution >= 4 is 24.9 Å². The highest BCUT2D eigenvalue weighted by Gasteiger charge is 2.44. The van der Waals surface area contributed by atoms with Crippen molar-refractivity contribution in [3.8, 4) is 0 Å². The molecule has 14 nitrogen and oxygen atoms in total. The van der Waals surface area contributed by atoms with Gasteiger partial charge in [-0.05, 0) is 0 Å². The van der Waals surface area contributed by atoms with Crippen molar-refractivity contribution in [2.75, 3.05) is 12.1 Å². The van der Waals surface area contributed by atoms with Crippen LogP contribution in [0.1, 0.15) is 6.23 Å². The van der Waals surface area contributed by atoms with Crippen molar-refractivity contribution in [1.82, 2.24) is 19.5 Å². The number of phosphoric acid groups is 1. The molecule has 1 aliphatic heterocycles. The van der Waals surface area contributed by atoms with E-state index in [2.05, 4.69) is 19.5 Å². The highest BCUT2D eigenvalue weighted by Crippen LogP contribution is 2.33. The molecule has 3 rings (SSSR count). The zero-order valence-electron chi connectivity index (χ0n) is 12.2. The number of fused-ring (bicyclic) bond motifs is 1. The maximum atomic E-state index is 11.8. The molecule has 0 radical (unpaired) electrons. The molecule has 5 N–H and O–H groups in total. The second kappa shape index (κ2) is 6.44. The van der Waals surface area contributed by atoms with Gasteiger partial charge in [0.05, 0.1) is 20.8 Å². The number of ether oxygens (including phenoxy) is 1. The Labute approximate surface area is 137 Å². The summed E-state index contributed by atoms with van der Waals surface area (Å²) < 4.78 is 21.0. The Balaban J connectivity index is 1.91. The summed E-state index contributed by atoms with van der Waals surface area (Å²) in [5.41, 5.74) is 0.746. The molecule has 3 heterocycles. The third kappa shape index (κ3) is 3.42. The summed E-state index contributed by atoms with van der Waals surface area (Å²) >= 11 is 0. The predicted octanol–water partition coefficient (Wildman–Crippen LogP) is -3.61. The first kappa shape index (κ1) is 17.9. The summed E-state index contributed by atoms with van der Waals surface area (Å²) in [6.07, 6.45) is -4.66. The second-order valence-corrected chi connectivity index (χ2v) is 6.29. The number of nitrogens with zero attached hydrogens (tertiary/aromatic N) is 3. The van der Waals surface area contributed by atoms with Gasteiger partial charge in [0.1, 0.15) is 18.3 Å². The van der Waals surface area contributed by atoms with Gasteiger partial charge in [0.25, 0.3) is 5.56 Å². The van der Waals surface area contributed by atoms with E-state index in [4.69, 9.17) is 9.94 Å². The van der Waals surface area contributed by atoms with Gasteiger partial charge >= 0.3 is 0 Å².